The second-order valence-electron chi connectivity index (χ2n) is 2.00. The molecule has 68 valence electrons. The van der Waals surface area contributed by atoms with Crippen LogP contribution >= 0.6 is 28.3 Å². The number of methoxy groups -OCH3 is 1. The van der Waals surface area contributed by atoms with Crippen LogP contribution in [0.3, 0.4) is 0 Å². The van der Waals surface area contributed by atoms with E-state index in [9.17, 15) is 0 Å². The van der Waals surface area contributed by atoms with E-state index in [0.29, 0.717) is 12.4 Å². The minimum absolute atomic E-state index is 0. The zero-order valence-corrected chi connectivity index (χ0v) is 8.98. The number of aromatic nitrogens is 1. The van der Waals surface area contributed by atoms with E-state index in [0.717, 1.165) is 10.2 Å². The molecule has 0 saturated carbocycles. The van der Waals surface area contributed by atoms with Crippen molar-refractivity contribution in [2.75, 3.05) is 7.11 Å². The second kappa shape index (κ2) is 5.35. The first-order chi connectivity index (χ1) is 5.27. The Morgan fingerprint density at radius 1 is 1.58 bits per heavy atom. The lowest BCUT2D eigenvalue weighted by Gasteiger charge is -2.02. The van der Waals surface area contributed by atoms with Crippen LogP contribution in [0.4, 0.5) is 0 Å². The van der Waals surface area contributed by atoms with Crippen LogP contribution < -0.4 is 10.5 Å². The molecule has 0 bridgehead atoms. The van der Waals surface area contributed by atoms with Gasteiger partial charge in [0.25, 0.3) is 0 Å². The number of ether oxygens (including phenoxy) is 1. The van der Waals surface area contributed by atoms with Crippen molar-refractivity contribution in [1.82, 2.24) is 4.98 Å². The molecular weight excluding hydrogens is 243 g/mol. The highest BCUT2D eigenvalue weighted by atomic mass is 79.9. The fourth-order valence-corrected chi connectivity index (χ4v) is 1.10. The van der Waals surface area contributed by atoms with Gasteiger partial charge in [0.15, 0.2) is 0 Å². The Hall–Kier alpha value is -0.320. The molecule has 0 aliphatic carbocycles. The Morgan fingerprint density at radius 3 is 2.75 bits per heavy atom. The molecule has 0 unspecified atom stereocenters. The van der Waals surface area contributed by atoms with Crippen molar-refractivity contribution in [3.05, 3.63) is 22.3 Å². The highest BCUT2D eigenvalue weighted by Gasteiger charge is 2.00. The van der Waals surface area contributed by atoms with Crippen LogP contribution in [-0.2, 0) is 6.54 Å². The first kappa shape index (κ1) is 11.7. The van der Waals surface area contributed by atoms with Gasteiger partial charge >= 0.3 is 0 Å². The minimum Gasteiger partial charge on any atom is -0.480 e. The predicted octanol–water partition coefficient (Wildman–Crippen LogP) is 1.73. The van der Waals surface area contributed by atoms with Crippen LogP contribution in [0.25, 0.3) is 0 Å². The van der Waals surface area contributed by atoms with Crippen molar-refractivity contribution >= 4 is 28.3 Å². The van der Waals surface area contributed by atoms with Gasteiger partial charge in [0.2, 0.25) is 5.88 Å². The average Bonchev–Trinajstić information content (AvgIpc) is 2.05. The van der Waals surface area contributed by atoms with Crippen LogP contribution in [0.5, 0.6) is 5.88 Å². The number of pyridine rings is 1. The smallest absolute Gasteiger partial charge is 0.227 e. The first-order valence-electron chi connectivity index (χ1n) is 3.17. The number of halogens is 2. The molecule has 1 rings (SSSR count). The second-order valence-corrected chi connectivity index (χ2v) is 2.85. The van der Waals surface area contributed by atoms with E-state index in [4.69, 9.17) is 10.5 Å². The van der Waals surface area contributed by atoms with Crippen LogP contribution in [0.15, 0.2) is 16.6 Å². The molecule has 0 aromatic carbocycles. The van der Waals surface area contributed by atoms with E-state index in [2.05, 4.69) is 20.9 Å². The third kappa shape index (κ3) is 2.62. The predicted molar refractivity (Wildman–Crippen MR) is 53.6 cm³/mol. The summed E-state index contributed by atoms with van der Waals surface area (Å²) in [4.78, 5) is 4.12. The maximum Gasteiger partial charge on any atom is 0.227 e. The van der Waals surface area contributed by atoms with E-state index in [1.54, 1.807) is 7.11 Å². The first-order valence-corrected chi connectivity index (χ1v) is 3.96. The Balaban J connectivity index is 0.00000121. The maximum absolute atomic E-state index is 5.39. The van der Waals surface area contributed by atoms with Crippen LogP contribution in [0, 0.1) is 0 Å². The third-order valence-corrected chi connectivity index (χ3v) is 1.88. The van der Waals surface area contributed by atoms with Gasteiger partial charge < -0.3 is 10.5 Å². The topological polar surface area (TPSA) is 48.1 Å². The van der Waals surface area contributed by atoms with E-state index in [1.165, 1.54) is 0 Å². The summed E-state index contributed by atoms with van der Waals surface area (Å²) in [5, 5.41) is 0. The molecule has 1 aromatic heterocycles. The Bertz CT molecular complexity index is 257. The lowest BCUT2D eigenvalue weighted by molar-refractivity contribution is 0.393. The van der Waals surface area contributed by atoms with E-state index < -0.39 is 0 Å². The Kier molecular flexibility index (Phi) is 5.20. The molecule has 3 nitrogen and oxygen atoms in total. The average molecular weight is 254 g/mol. The number of hydrogen-bond donors (Lipinski definition) is 1. The Morgan fingerprint density at radius 2 is 2.25 bits per heavy atom. The SMILES string of the molecule is COc1nc(CN)ccc1Br.Cl. The molecule has 2 N–H and O–H groups in total. The van der Waals surface area contributed by atoms with Crippen molar-refractivity contribution in [1.29, 1.82) is 0 Å². The van der Waals surface area contributed by atoms with Crippen molar-refractivity contribution in [2.45, 2.75) is 6.54 Å². The summed E-state index contributed by atoms with van der Waals surface area (Å²) >= 11 is 3.29. The molecule has 0 spiro atoms. The summed E-state index contributed by atoms with van der Waals surface area (Å²) in [5.41, 5.74) is 6.21. The molecule has 1 heterocycles. The summed E-state index contributed by atoms with van der Waals surface area (Å²) in [6.07, 6.45) is 0. The number of hydrogen-bond acceptors (Lipinski definition) is 3. The summed E-state index contributed by atoms with van der Waals surface area (Å²) in [7, 11) is 1.58. The van der Waals surface area contributed by atoms with Gasteiger partial charge in [-0.1, -0.05) is 0 Å². The van der Waals surface area contributed by atoms with Gasteiger partial charge in [0.05, 0.1) is 17.3 Å². The van der Waals surface area contributed by atoms with E-state index in [-0.39, 0.29) is 12.4 Å². The molecule has 0 amide bonds. The van der Waals surface area contributed by atoms with Gasteiger partial charge in [-0.25, -0.2) is 4.98 Å². The highest BCUT2D eigenvalue weighted by molar-refractivity contribution is 9.10. The van der Waals surface area contributed by atoms with E-state index >= 15 is 0 Å². The monoisotopic (exact) mass is 252 g/mol. The molecule has 5 heteroatoms. The molecule has 0 aliphatic rings. The summed E-state index contributed by atoms with van der Waals surface area (Å²) < 4.78 is 5.82. The standard InChI is InChI=1S/C7H9BrN2O.ClH/c1-11-7-6(8)3-2-5(4-9)10-7;/h2-3H,4,9H2,1H3;1H. The van der Waals surface area contributed by atoms with Crippen molar-refractivity contribution in [2.24, 2.45) is 5.73 Å². The normalized spacial score (nSPS) is 8.92. The molecule has 0 atom stereocenters. The molecule has 1 aromatic rings. The summed E-state index contributed by atoms with van der Waals surface area (Å²) in [6.45, 7) is 0.434. The van der Waals surface area contributed by atoms with E-state index in [1.807, 2.05) is 12.1 Å². The quantitative estimate of drug-likeness (QED) is 0.873. The lowest BCUT2D eigenvalue weighted by Crippen LogP contribution is -2.00. The lowest BCUT2D eigenvalue weighted by atomic mass is 10.3. The molecule has 0 aliphatic heterocycles. The summed E-state index contributed by atoms with van der Waals surface area (Å²) in [5.74, 6) is 0.577. The Labute approximate surface area is 85.9 Å². The third-order valence-electron chi connectivity index (χ3n) is 1.27. The highest BCUT2D eigenvalue weighted by Crippen LogP contribution is 2.21. The molecule has 0 radical (unpaired) electrons. The fourth-order valence-electron chi connectivity index (χ4n) is 0.719. The van der Waals surface area contributed by atoms with Gasteiger partial charge in [-0.2, -0.15) is 0 Å². The van der Waals surface area contributed by atoms with Gasteiger partial charge in [0.1, 0.15) is 0 Å². The number of rotatable bonds is 2. The summed E-state index contributed by atoms with van der Waals surface area (Å²) in [6, 6.07) is 3.72. The fraction of sp³-hybridized carbons (Fsp3) is 0.286. The van der Waals surface area contributed by atoms with Gasteiger partial charge in [-0.05, 0) is 28.1 Å². The van der Waals surface area contributed by atoms with Gasteiger partial charge in [-0.3, -0.25) is 0 Å². The molecule has 0 fully saturated rings. The zero-order chi connectivity index (χ0) is 8.27. The van der Waals surface area contributed by atoms with Gasteiger partial charge in [-0.15, -0.1) is 12.4 Å². The van der Waals surface area contributed by atoms with Gasteiger partial charge in [0, 0.05) is 6.54 Å². The molecular formula is C7H10BrClN2O. The van der Waals surface area contributed by atoms with Crippen LogP contribution in [0.1, 0.15) is 5.69 Å². The van der Waals surface area contributed by atoms with Crippen molar-refractivity contribution < 1.29 is 4.74 Å². The van der Waals surface area contributed by atoms with Crippen molar-refractivity contribution in [3.63, 3.8) is 0 Å². The number of nitrogens with zero attached hydrogens (tertiary/aromatic N) is 1. The zero-order valence-electron chi connectivity index (χ0n) is 6.58. The maximum atomic E-state index is 5.39. The minimum atomic E-state index is 0. The molecule has 0 saturated heterocycles. The molecule has 12 heavy (non-hydrogen) atoms. The van der Waals surface area contributed by atoms with Crippen LogP contribution in [0.2, 0.25) is 0 Å². The largest absolute Gasteiger partial charge is 0.480 e. The number of nitrogens with two attached hydrogens (primary N) is 1. The van der Waals surface area contributed by atoms with Crippen molar-refractivity contribution in [3.8, 4) is 5.88 Å². The van der Waals surface area contributed by atoms with Crippen LogP contribution in [-0.4, -0.2) is 12.1 Å².